The van der Waals surface area contributed by atoms with Gasteiger partial charge in [0.15, 0.2) is 11.0 Å². The van der Waals surface area contributed by atoms with Gasteiger partial charge in [-0.25, -0.2) is 8.42 Å². The summed E-state index contributed by atoms with van der Waals surface area (Å²) in [7, 11) is -3.58. The van der Waals surface area contributed by atoms with E-state index in [1.54, 1.807) is 32.0 Å². The number of esters is 1. The van der Waals surface area contributed by atoms with Gasteiger partial charge in [-0.15, -0.1) is 10.2 Å². The van der Waals surface area contributed by atoms with Gasteiger partial charge in [-0.1, -0.05) is 51.6 Å². The van der Waals surface area contributed by atoms with Crippen molar-refractivity contribution in [3.05, 3.63) is 24.3 Å². The molecule has 8 nitrogen and oxygen atoms in total. The van der Waals surface area contributed by atoms with E-state index in [9.17, 15) is 13.2 Å². The third kappa shape index (κ3) is 6.54. The van der Waals surface area contributed by atoms with Gasteiger partial charge in [0.25, 0.3) is 0 Å². The maximum Gasteiger partial charge on any atom is 0.316 e. The van der Waals surface area contributed by atoms with E-state index in [1.165, 1.54) is 16.1 Å². The van der Waals surface area contributed by atoms with Crippen LogP contribution >= 0.6 is 11.8 Å². The molecule has 0 saturated heterocycles. The average molecular weight is 469 g/mol. The molecular weight excluding hydrogens is 436 g/mol. The zero-order valence-electron chi connectivity index (χ0n) is 19.0. The Morgan fingerprint density at radius 1 is 1.16 bits per heavy atom. The molecule has 10 heteroatoms. The van der Waals surface area contributed by atoms with Crippen molar-refractivity contribution in [2.75, 3.05) is 18.8 Å². The lowest BCUT2D eigenvalue weighted by molar-refractivity contribution is -0.144. The van der Waals surface area contributed by atoms with Gasteiger partial charge in [0.1, 0.15) is 0 Å². The predicted molar refractivity (Wildman–Crippen MR) is 122 cm³/mol. The Labute approximate surface area is 189 Å². The minimum atomic E-state index is -3.58. The van der Waals surface area contributed by atoms with E-state index in [1.807, 2.05) is 24.5 Å². The molecule has 0 aliphatic rings. The van der Waals surface area contributed by atoms with Gasteiger partial charge in [-0.05, 0) is 31.9 Å². The third-order valence-electron chi connectivity index (χ3n) is 4.39. The second-order valence-electron chi connectivity index (χ2n) is 7.76. The lowest BCUT2D eigenvalue weighted by atomic mass is 10.2. The molecule has 0 saturated carbocycles. The Kier molecular flexibility index (Phi) is 9.08. The number of hydrogen-bond acceptors (Lipinski definition) is 7. The second kappa shape index (κ2) is 11.1. The molecule has 0 aliphatic carbocycles. The van der Waals surface area contributed by atoms with Crippen LogP contribution in [-0.2, 0) is 26.1 Å². The fraction of sp³-hybridized carbons (Fsp3) is 0.571. The highest BCUT2D eigenvalue weighted by Crippen LogP contribution is 2.28. The summed E-state index contributed by atoms with van der Waals surface area (Å²) < 4.78 is 34.4. The number of ether oxygens (including phenoxy) is 1. The van der Waals surface area contributed by atoms with E-state index in [2.05, 4.69) is 24.0 Å². The molecule has 1 aromatic heterocycles. The lowest BCUT2D eigenvalue weighted by Crippen LogP contribution is -2.30. The molecule has 0 atom stereocenters. The highest BCUT2D eigenvalue weighted by molar-refractivity contribution is 7.99. The molecule has 0 spiro atoms. The van der Waals surface area contributed by atoms with Crippen molar-refractivity contribution in [3.63, 3.8) is 0 Å². The molecule has 2 aromatic rings. The van der Waals surface area contributed by atoms with Crippen molar-refractivity contribution in [2.45, 2.75) is 64.2 Å². The maximum atomic E-state index is 12.9. The first-order valence-corrected chi connectivity index (χ1v) is 12.9. The van der Waals surface area contributed by atoms with Crippen LogP contribution in [0.5, 0.6) is 0 Å². The van der Waals surface area contributed by atoms with E-state index in [-0.39, 0.29) is 22.7 Å². The molecule has 2 rings (SSSR count). The molecule has 0 aliphatic heterocycles. The van der Waals surface area contributed by atoms with Crippen LogP contribution < -0.4 is 0 Å². The Hall–Kier alpha value is -1.91. The smallest absolute Gasteiger partial charge is 0.316 e. The van der Waals surface area contributed by atoms with Gasteiger partial charge in [-0.3, -0.25) is 4.79 Å². The van der Waals surface area contributed by atoms with Crippen LogP contribution in [0.2, 0.25) is 0 Å². The number of rotatable bonds is 11. The Morgan fingerprint density at radius 2 is 1.84 bits per heavy atom. The lowest BCUT2D eigenvalue weighted by Gasteiger charge is -2.19. The van der Waals surface area contributed by atoms with E-state index in [4.69, 9.17) is 4.74 Å². The topological polar surface area (TPSA) is 94.4 Å². The van der Waals surface area contributed by atoms with Crippen LogP contribution in [0.15, 0.2) is 34.3 Å². The van der Waals surface area contributed by atoms with Crippen molar-refractivity contribution in [2.24, 2.45) is 5.92 Å². The monoisotopic (exact) mass is 468 g/mol. The van der Waals surface area contributed by atoms with Crippen LogP contribution in [0.3, 0.4) is 0 Å². The SMILES string of the molecule is CCN(CC)S(=O)(=O)c1cccc(-c2nnc(SCC(=O)OC(C)C)n2CC(C)C)c1. The molecule has 1 aromatic carbocycles. The van der Waals surface area contributed by atoms with Gasteiger partial charge < -0.3 is 9.30 Å². The summed E-state index contributed by atoms with van der Waals surface area (Å²) in [5.41, 5.74) is 0.665. The third-order valence-corrected chi connectivity index (χ3v) is 7.37. The van der Waals surface area contributed by atoms with E-state index in [0.29, 0.717) is 42.1 Å². The van der Waals surface area contributed by atoms with Gasteiger partial charge in [0.05, 0.1) is 16.8 Å². The number of aromatic nitrogens is 3. The highest BCUT2D eigenvalue weighted by Gasteiger charge is 2.23. The summed E-state index contributed by atoms with van der Waals surface area (Å²) >= 11 is 1.26. The Balaban J connectivity index is 2.40. The second-order valence-corrected chi connectivity index (χ2v) is 10.6. The van der Waals surface area contributed by atoms with Crippen molar-refractivity contribution in [1.82, 2.24) is 19.1 Å². The van der Waals surface area contributed by atoms with Crippen LogP contribution in [-0.4, -0.2) is 58.4 Å². The van der Waals surface area contributed by atoms with Crippen molar-refractivity contribution < 1.29 is 17.9 Å². The summed E-state index contributed by atoms with van der Waals surface area (Å²) in [4.78, 5) is 12.2. The summed E-state index contributed by atoms with van der Waals surface area (Å²) in [6, 6.07) is 6.77. The van der Waals surface area contributed by atoms with Crippen LogP contribution in [0.1, 0.15) is 41.5 Å². The summed E-state index contributed by atoms with van der Waals surface area (Å²) in [5, 5.41) is 9.18. The number of sulfonamides is 1. The molecule has 0 bridgehead atoms. The van der Waals surface area contributed by atoms with Crippen molar-refractivity contribution in [1.29, 1.82) is 0 Å². The van der Waals surface area contributed by atoms with E-state index >= 15 is 0 Å². The number of benzene rings is 1. The minimum Gasteiger partial charge on any atom is -0.462 e. The molecule has 0 amide bonds. The number of thioether (sulfide) groups is 1. The molecule has 0 fully saturated rings. The predicted octanol–water partition coefficient (Wildman–Crippen LogP) is 3.68. The fourth-order valence-corrected chi connectivity index (χ4v) is 5.30. The van der Waals surface area contributed by atoms with Crippen molar-refractivity contribution >= 4 is 27.8 Å². The molecule has 0 N–H and O–H groups in total. The first-order valence-electron chi connectivity index (χ1n) is 10.5. The molecule has 0 radical (unpaired) electrons. The molecular formula is C21H32N4O4S2. The number of carbonyl (C=O) groups excluding carboxylic acids is 1. The normalized spacial score (nSPS) is 12.2. The molecule has 1 heterocycles. The largest absolute Gasteiger partial charge is 0.462 e. The first-order chi connectivity index (χ1) is 14.6. The summed E-state index contributed by atoms with van der Waals surface area (Å²) in [6.45, 7) is 12.8. The first kappa shape index (κ1) is 25.4. The van der Waals surface area contributed by atoms with Gasteiger partial charge in [0, 0.05) is 25.2 Å². The molecule has 172 valence electrons. The Bertz CT molecular complexity index is 983. The maximum absolute atomic E-state index is 12.9. The summed E-state index contributed by atoms with van der Waals surface area (Å²) in [6.07, 6.45) is -0.173. The van der Waals surface area contributed by atoms with Gasteiger partial charge in [-0.2, -0.15) is 4.31 Å². The average Bonchev–Trinajstić information content (AvgIpc) is 3.08. The summed E-state index contributed by atoms with van der Waals surface area (Å²) in [5.74, 6) is 0.697. The molecule has 0 unspecified atom stereocenters. The van der Waals surface area contributed by atoms with Gasteiger partial charge >= 0.3 is 5.97 Å². The van der Waals surface area contributed by atoms with Crippen LogP contribution in [0.25, 0.3) is 11.4 Å². The number of carbonyl (C=O) groups is 1. The van der Waals surface area contributed by atoms with E-state index in [0.717, 1.165) is 0 Å². The fourth-order valence-electron chi connectivity index (χ4n) is 3.07. The highest BCUT2D eigenvalue weighted by atomic mass is 32.2. The quantitative estimate of drug-likeness (QED) is 0.367. The van der Waals surface area contributed by atoms with E-state index < -0.39 is 10.0 Å². The number of hydrogen-bond donors (Lipinski definition) is 0. The minimum absolute atomic E-state index is 0.130. The number of nitrogens with zero attached hydrogens (tertiary/aromatic N) is 4. The molecule has 31 heavy (non-hydrogen) atoms. The van der Waals surface area contributed by atoms with Crippen LogP contribution in [0.4, 0.5) is 0 Å². The van der Waals surface area contributed by atoms with Crippen LogP contribution in [0, 0.1) is 5.92 Å². The van der Waals surface area contributed by atoms with Crippen molar-refractivity contribution in [3.8, 4) is 11.4 Å². The van der Waals surface area contributed by atoms with Gasteiger partial charge in [0.2, 0.25) is 10.0 Å². The Morgan fingerprint density at radius 3 is 2.42 bits per heavy atom. The zero-order chi connectivity index (χ0) is 23.2. The zero-order valence-corrected chi connectivity index (χ0v) is 20.7. The standard InChI is InChI=1S/C21H32N4O4S2/c1-7-24(8-2)31(27,28)18-11-9-10-17(12-18)20-22-23-21(25(20)13-15(3)4)30-14-19(26)29-16(5)6/h9-12,15-16H,7-8,13-14H2,1-6H3.